The van der Waals surface area contributed by atoms with E-state index in [2.05, 4.69) is 16.0 Å². The van der Waals surface area contributed by atoms with Crippen molar-refractivity contribution in [2.24, 2.45) is 0 Å². The zero-order valence-electron chi connectivity index (χ0n) is 14.6. The molecule has 4 N–H and O–H groups in total. The molecular formula is C19H21N3O4S. The van der Waals surface area contributed by atoms with E-state index in [9.17, 15) is 14.4 Å². The van der Waals surface area contributed by atoms with E-state index in [0.29, 0.717) is 13.0 Å². The van der Waals surface area contributed by atoms with Gasteiger partial charge < -0.3 is 15.7 Å². The molecule has 0 aliphatic carbocycles. The van der Waals surface area contributed by atoms with Crippen molar-refractivity contribution in [2.45, 2.75) is 31.0 Å². The summed E-state index contributed by atoms with van der Waals surface area (Å²) in [5.74, 6) is -1.83. The number of thiophene rings is 1. The Morgan fingerprint density at radius 1 is 1.11 bits per heavy atom. The first-order chi connectivity index (χ1) is 13.0. The number of carboxylic acids is 1. The normalized spacial score (nSPS) is 19.1. The molecule has 8 heteroatoms. The first-order valence-corrected chi connectivity index (χ1v) is 9.56. The summed E-state index contributed by atoms with van der Waals surface area (Å²) in [5.41, 5.74) is 0.912. The molecular weight excluding hydrogens is 366 g/mol. The summed E-state index contributed by atoms with van der Waals surface area (Å²) in [6.45, 7) is 0.472. The highest BCUT2D eigenvalue weighted by atomic mass is 32.1. The van der Waals surface area contributed by atoms with Gasteiger partial charge in [-0.2, -0.15) is 0 Å². The van der Waals surface area contributed by atoms with Crippen LogP contribution in [0.15, 0.2) is 47.8 Å². The van der Waals surface area contributed by atoms with Gasteiger partial charge in [0.25, 0.3) is 0 Å². The van der Waals surface area contributed by atoms with Gasteiger partial charge in [0, 0.05) is 17.8 Å². The number of amides is 2. The average molecular weight is 387 g/mol. The highest BCUT2D eigenvalue weighted by Crippen LogP contribution is 2.12. The summed E-state index contributed by atoms with van der Waals surface area (Å²) in [5, 5.41) is 19.1. The van der Waals surface area contributed by atoms with Gasteiger partial charge in [-0.25, -0.2) is 0 Å². The van der Waals surface area contributed by atoms with Gasteiger partial charge in [-0.15, -0.1) is 11.3 Å². The lowest BCUT2D eigenvalue weighted by atomic mass is 10.0. The van der Waals surface area contributed by atoms with Crippen molar-refractivity contribution in [3.8, 4) is 0 Å². The highest BCUT2D eigenvalue weighted by molar-refractivity contribution is 7.09. The number of carboxylic acid groups (broad SMARTS) is 1. The van der Waals surface area contributed by atoms with Crippen LogP contribution in [0.3, 0.4) is 0 Å². The molecule has 7 nitrogen and oxygen atoms in total. The molecule has 0 bridgehead atoms. The Labute approximate surface area is 160 Å². The largest absolute Gasteiger partial charge is 0.480 e. The average Bonchev–Trinajstić information content (AvgIpc) is 3.31. The third-order valence-electron chi connectivity index (χ3n) is 4.30. The fourth-order valence-corrected chi connectivity index (χ4v) is 3.50. The lowest BCUT2D eigenvalue weighted by molar-refractivity contribution is -0.137. The predicted octanol–water partition coefficient (Wildman–Crippen LogP) is 0.559. The number of benzene rings is 1. The van der Waals surface area contributed by atoms with Crippen molar-refractivity contribution < 1.29 is 19.5 Å². The third kappa shape index (κ3) is 5.38. The lowest BCUT2D eigenvalue weighted by Crippen LogP contribution is -2.50. The van der Waals surface area contributed by atoms with Gasteiger partial charge in [0.05, 0.1) is 0 Å². The van der Waals surface area contributed by atoms with Gasteiger partial charge in [0.15, 0.2) is 0 Å². The number of carbonyl (C=O) groups is 3. The molecule has 27 heavy (non-hydrogen) atoms. The van der Waals surface area contributed by atoms with Crippen LogP contribution in [-0.2, 0) is 27.2 Å². The maximum absolute atomic E-state index is 12.6. The SMILES string of the molecule is O=C(NCCc1cccs1)[C@H](Cc1ccccc1)NC(=O)[C@H]1N[C@@H]1C(=O)O. The third-order valence-corrected chi connectivity index (χ3v) is 5.23. The van der Waals surface area contributed by atoms with Crippen LogP contribution in [-0.4, -0.2) is 47.6 Å². The Kier molecular flexibility index (Phi) is 6.20. The second-order valence-corrected chi connectivity index (χ2v) is 7.36. The Bertz CT molecular complexity index is 795. The van der Waals surface area contributed by atoms with Gasteiger partial charge in [-0.1, -0.05) is 36.4 Å². The molecule has 2 aromatic rings. The number of rotatable bonds is 9. The second kappa shape index (κ2) is 8.79. The van der Waals surface area contributed by atoms with E-state index in [4.69, 9.17) is 5.11 Å². The molecule has 1 aliphatic heterocycles. The van der Waals surface area contributed by atoms with E-state index in [1.165, 1.54) is 4.88 Å². The first kappa shape index (κ1) is 19.1. The number of aliphatic carboxylic acids is 1. The standard InChI is InChI=1S/C19H21N3O4S/c23-17(20-9-8-13-7-4-10-27-13)14(11-12-5-2-1-3-6-12)21-18(24)15-16(22-15)19(25)26/h1-7,10,14-16,22H,8-9,11H2,(H,20,23)(H,21,24)(H,25,26)/t14-,15-,16-/m0/s1. The topological polar surface area (TPSA) is 117 Å². The first-order valence-electron chi connectivity index (χ1n) is 8.68. The Morgan fingerprint density at radius 3 is 2.52 bits per heavy atom. The minimum absolute atomic E-state index is 0.281. The smallest absolute Gasteiger partial charge is 0.322 e. The van der Waals surface area contributed by atoms with E-state index >= 15 is 0 Å². The molecule has 0 radical (unpaired) electrons. The van der Waals surface area contributed by atoms with Crippen LogP contribution in [0.25, 0.3) is 0 Å². The summed E-state index contributed by atoms with van der Waals surface area (Å²) in [4.78, 5) is 37.0. The van der Waals surface area contributed by atoms with Gasteiger partial charge in [-0.05, 0) is 23.4 Å². The molecule has 1 aliphatic rings. The lowest BCUT2D eigenvalue weighted by Gasteiger charge is -2.18. The zero-order valence-corrected chi connectivity index (χ0v) is 15.4. The van der Waals surface area contributed by atoms with Crippen molar-refractivity contribution in [1.82, 2.24) is 16.0 Å². The predicted molar refractivity (Wildman–Crippen MR) is 101 cm³/mol. The molecule has 1 fully saturated rings. The Balaban J connectivity index is 1.59. The molecule has 3 rings (SSSR count). The zero-order chi connectivity index (χ0) is 19.2. The van der Waals surface area contributed by atoms with E-state index < -0.39 is 30.0 Å². The van der Waals surface area contributed by atoms with Crippen LogP contribution in [0.1, 0.15) is 10.4 Å². The number of hydrogen-bond acceptors (Lipinski definition) is 5. The quantitative estimate of drug-likeness (QED) is 0.469. The van der Waals surface area contributed by atoms with Crippen molar-refractivity contribution in [3.05, 3.63) is 58.3 Å². The van der Waals surface area contributed by atoms with Gasteiger partial charge in [0.1, 0.15) is 18.1 Å². The minimum atomic E-state index is -1.07. The molecule has 1 saturated heterocycles. The molecule has 2 amide bonds. The monoisotopic (exact) mass is 387 g/mol. The molecule has 0 spiro atoms. The maximum Gasteiger partial charge on any atom is 0.322 e. The summed E-state index contributed by atoms with van der Waals surface area (Å²) in [6.07, 6.45) is 1.06. The van der Waals surface area contributed by atoms with Crippen molar-refractivity contribution in [1.29, 1.82) is 0 Å². The summed E-state index contributed by atoms with van der Waals surface area (Å²) >= 11 is 1.63. The fourth-order valence-electron chi connectivity index (χ4n) is 2.79. The van der Waals surface area contributed by atoms with Crippen molar-refractivity contribution >= 4 is 29.1 Å². The van der Waals surface area contributed by atoms with Crippen LogP contribution in [0.5, 0.6) is 0 Å². The second-order valence-electron chi connectivity index (χ2n) is 6.33. The van der Waals surface area contributed by atoms with Crippen molar-refractivity contribution in [3.63, 3.8) is 0 Å². The van der Waals surface area contributed by atoms with Crippen LogP contribution in [0, 0.1) is 0 Å². The van der Waals surface area contributed by atoms with Crippen LogP contribution in [0.2, 0.25) is 0 Å². The van der Waals surface area contributed by atoms with E-state index in [1.54, 1.807) is 11.3 Å². The van der Waals surface area contributed by atoms with Gasteiger partial charge >= 0.3 is 5.97 Å². The Hall–Kier alpha value is -2.71. The highest BCUT2D eigenvalue weighted by Gasteiger charge is 2.48. The number of carbonyl (C=O) groups excluding carboxylic acids is 2. The maximum atomic E-state index is 12.6. The van der Waals surface area contributed by atoms with E-state index in [0.717, 1.165) is 12.0 Å². The number of hydrogen-bond donors (Lipinski definition) is 4. The molecule has 1 aromatic carbocycles. The molecule has 0 unspecified atom stereocenters. The minimum Gasteiger partial charge on any atom is -0.480 e. The molecule has 2 heterocycles. The summed E-state index contributed by atoms with van der Waals surface area (Å²) in [6, 6.07) is 10.9. The van der Waals surface area contributed by atoms with Crippen molar-refractivity contribution in [2.75, 3.05) is 6.54 Å². The van der Waals surface area contributed by atoms with Crippen LogP contribution < -0.4 is 16.0 Å². The van der Waals surface area contributed by atoms with Gasteiger partial charge in [-0.3, -0.25) is 19.7 Å². The Morgan fingerprint density at radius 2 is 1.89 bits per heavy atom. The molecule has 3 atom stereocenters. The van der Waals surface area contributed by atoms with Crippen LogP contribution >= 0.6 is 11.3 Å². The summed E-state index contributed by atoms with van der Waals surface area (Å²) < 4.78 is 0. The van der Waals surface area contributed by atoms with Crippen LogP contribution in [0.4, 0.5) is 0 Å². The van der Waals surface area contributed by atoms with Gasteiger partial charge in [0.2, 0.25) is 11.8 Å². The number of nitrogens with one attached hydrogen (secondary N) is 3. The van der Waals surface area contributed by atoms with E-state index in [-0.39, 0.29) is 5.91 Å². The molecule has 142 valence electrons. The van der Waals surface area contributed by atoms with E-state index in [1.807, 2.05) is 47.8 Å². The summed E-state index contributed by atoms with van der Waals surface area (Å²) in [7, 11) is 0. The molecule has 0 saturated carbocycles. The fraction of sp³-hybridized carbons (Fsp3) is 0.316. The molecule has 1 aromatic heterocycles.